The first-order valence-electron chi connectivity index (χ1n) is 10.2. The van der Waals surface area contributed by atoms with Crippen LogP contribution in [0.4, 0.5) is 0 Å². The predicted octanol–water partition coefficient (Wildman–Crippen LogP) is 5.31. The maximum absolute atomic E-state index is 5.45. The highest BCUT2D eigenvalue weighted by Gasteiger charge is 2.43. The van der Waals surface area contributed by atoms with E-state index in [4.69, 9.17) is 9.47 Å². The third-order valence-electron chi connectivity index (χ3n) is 6.41. The molecule has 0 amide bonds. The fraction of sp³-hybridized carbons (Fsp3) is 0.417. The molecule has 3 nitrogen and oxygen atoms in total. The Bertz CT molecular complexity index is 930. The summed E-state index contributed by atoms with van der Waals surface area (Å²) in [7, 11) is 3.48. The molecule has 3 aliphatic rings. The van der Waals surface area contributed by atoms with Crippen LogP contribution in [0.15, 0.2) is 48.0 Å². The summed E-state index contributed by atoms with van der Waals surface area (Å²) in [6, 6.07) is 15.2. The van der Waals surface area contributed by atoms with Gasteiger partial charge in [-0.2, -0.15) is 0 Å². The Kier molecular flexibility index (Phi) is 5.31. The number of rotatable bonds is 3. The van der Waals surface area contributed by atoms with E-state index in [1.54, 1.807) is 25.4 Å². The number of benzene rings is 2. The van der Waals surface area contributed by atoms with Gasteiger partial charge in [-0.3, -0.25) is 0 Å². The first-order chi connectivity index (χ1) is 14.2. The maximum Gasteiger partial charge on any atom is 0.119 e. The van der Waals surface area contributed by atoms with Gasteiger partial charge in [-0.25, -0.2) is 0 Å². The van der Waals surface area contributed by atoms with E-state index < -0.39 is 0 Å². The van der Waals surface area contributed by atoms with Crippen molar-refractivity contribution in [3.63, 3.8) is 0 Å². The number of nitrogens with one attached hydrogen (secondary N) is 1. The molecule has 2 heterocycles. The summed E-state index contributed by atoms with van der Waals surface area (Å²) in [6.07, 6.45) is 3.41. The molecule has 152 valence electrons. The van der Waals surface area contributed by atoms with Crippen LogP contribution in [-0.4, -0.2) is 37.8 Å². The van der Waals surface area contributed by atoms with Crippen LogP contribution < -0.4 is 14.8 Å². The zero-order valence-electron chi connectivity index (χ0n) is 17.0. The Balaban J connectivity index is 1.40. The molecular formula is C24H27NO2S2. The number of hydrogen-bond acceptors (Lipinski definition) is 5. The molecule has 5 rings (SSSR count). The van der Waals surface area contributed by atoms with Gasteiger partial charge in [0, 0.05) is 18.1 Å². The van der Waals surface area contributed by atoms with Gasteiger partial charge in [0.2, 0.25) is 0 Å². The number of thioether (sulfide) groups is 2. The minimum Gasteiger partial charge on any atom is -0.497 e. The van der Waals surface area contributed by atoms with Crippen LogP contribution >= 0.6 is 23.5 Å². The normalized spacial score (nSPS) is 26.1. The number of ether oxygens (including phenoxy) is 2. The lowest BCUT2D eigenvalue weighted by atomic mass is 9.74. The van der Waals surface area contributed by atoms with Crippen molar-refractivity contribution < 1.29 is 9.47 Å². The molecule has 0 unspecified atom stereocenters. The summed E-state index contributed by atoms with van der Waals surface area (Å²) in [4.78, 5) is 0. The lowest BCUT2D eigenvalue weighted by molar-refractivity contribution is 0.413. The molecule has 2 aromatic rings. The molecule has 1 aliphatic carbocycles. The summed E-state index contributed by atoms with van der Waals surface area (Å²) in [5.74, 6) is 4.18. The topological polar surface area (TPSA) is 30.5 Å². The molecule has 1 fully saturated rings. The second kappa shape index (κ2) is 7.93. The third-order valence-corrected chi connectivity index (χ3v) is 9.70. The molecule has 0 saturated carbocycles. The van der Waals surface area contributed by atoms with Crippen molar-refractivity contribution in [1.29, 1.82) is 0 Å². The van der Waals surface area contributed by atoms with Crippen molar-refractivity contribution in [1.82, 2.24) is 5.32 Å². The minimum atomic E-state index is 0.142. The average Bonchev–Trinajstić information content (AvgIpc) is 2.79. The van der Waals surface area contributed by atoms with Crippen LogP contribution in [0.5, 0.6) is 11.5 Å². The van der Waals surface area contributed by atoms with Crippen LogP contribution in [0.3, 0.4) is 0 Å². The first kappa shape index (κ1) is 19.4. The van der Waals surface area contributed by atoms with Gasteiger partial charge in [-0.05, 0) is 71.4 Å². The van der Waals surface area contributed by atoms with Gasteiger partial charge in [0.05, 0.1) is 24.3 Å². The minimum absolute atomic E-state index is 0.142. The highest BCUT2D eigenvalue weighted by molar-refractivity contribution is 8.17. The Morgan fingerprint density at radius 3 is 2.34 bits per heavy atom. The lowest BCUT2D eigenvalue weighted by Gasteiger charge is -2.47. The maximum atomic E-state index is 5.45. The van der Waals surface area contributed by atoms with Crippen LogP contribution in [-0.2, 0) is 6.42 Å². The van der Waals surface area contributed by atoms with Gasteiger partial charge in [0.15, 0.2) is 0 Å². The molecule has 1 saturated heterocycles. The van der Waals surface area contributed by atoms with Crippen LogP contribution in [0, 0.1) is 0 Å². The third kappa shape index (κ3) is 3.47. The SMILES string of the molecule is COc1ccc(C2SCC3(CS2)NCCC2=C3CCc3cc(OC)ccc32)cc1. The van der Waals surface area contributed by atoms with E-state index in [1.807, 2.05) is 0 Å². The lowest BCUT2D eigenvalue weighted by Crippen LogP contribution is -2.56. The van der Waals surface area contributed by atoms with Crippen molar-refractivity contribution >= 4 is 29.1 Å². The summed E-state index contributed by atoms with van der Waals surface area (Å²) < 4.78 is 11.3. The molecule has 1 spiro atoms. The van der Waals surface area contributed by atoms with Gasteiger partial charge >= 0.3 is 0 Å². The molecular weight excluding hydrogens is 398 g/mol. The largest absolute Gasteiger partial charge is 0.497 e. The number of hydrogen-bond donors (Lipinski definition) is 1. The predicted molar refractivity (Wildman–Crippen MR) is 124 cm³/mol. The van der Waals surface area contributed by atoms with Crippen LogP contribution in [0.2, 0.25) is 0 Å². The Morgan fingerprint density at radius 1 is 0.897 bits per heavy atom. The molecule has 29 heavy (non-hydrogen) atoms. The van der Waals surface area contributed by atoms with E-state index >= 15 is 0 Å². The molecule has 2 aliphatic heterocycles. The van der Waals surface area contributed by atoms with Crippen molar-refractivity contribution in [2.24, 2.45) is 0 Å². The molecule has 1 N–H and O–H groups in total. The number of aryl methyl sites for hydroxylation is 1. The summed E-state index contributed by atoms with van der Waals surface area (Å²) in [5.41, 5.74) is 7.70. The monoisotopic (exact) mass is 425 g/mol. The number of methoxy groups -OCH3 is 2. The van der Waals surface area contributed by atoms with E-state index in [9.17, 15) is 0 Å². The van der Waals surface area contributed by atoms with Gasteiger partial charge in [-0.1, -0.05) is 18.2 Å². The molecule has 0 aromatic heterocycles. The highest BCUT2D eigenvalue weighted by atomic mass is 32.2. The quantitative estimate of drug-likeness (QED) is 0.720. The Labute approximate surface area is 181 Å². The van der Waals surface area contributed by atoms with E-state index in [0.717, 1.165) is 48.8 Å². The van der Waals surface area contributed by atoms with Crippen molar-refractivity contribution in [3.05, 3.63) is 64.7 Å². The fourth-order valence-corrected chi connectivity index (χ4v) is 8.12. The van der Waals surface area contributed by atoms with Gasteiger partial charge in [0.25, 0.3) is 0 Å². The second-order valence-electron chi connectivity index (χ2n) is 7.97. The standard InChI is InChI=1S/C24H27NO2S2/c1-26-18-6-3-16(4-7-18)23-28-14-24(15-29-23)22-10-5-17-13-19(27-2)8-9-20(17)21(22)11-12-25-24/h3-4,6-9,13,23,25H,5,10-12,14-15H2,1-2H3. The summed E-state index contributed by atoms with van der Waals surface area (Å²) in [5, 5.41) is 3.93. The van der Waals surface area contributed by atoms with E-state index in [-0.39, 0.29) is 5.54 Å². The summed E-state index contributed by atoms with van der Waals surface area (Å²) >= 11 is 4.17. The Hall–Kier alpha value is -1.56. The highest BCUT2D eigenvalue weighted by Crippen LogP contribution is 2.52. The Morgan fingerprint density at radius 2 is 1.62 bits per heavy atom. The first-order valence-corrected chi connectivity index (χ1v) is 12.3. The molecule has 0 bridgehead atoms. The zero-order chi connectivity index (χ0) is 19.8. The van der Waals surface area contributed by atoms with E-state index in [2.05, 4.69) is 71.3 Å². The van der Waals surface area contributed by atoms with Gasteiger partial charge < -0.3 is 14.8 Å². The second-order valence-corrected chi connectivity index (χ2v) is 10.5. The number of fused-ring (bicyclic) bond motifs is 3. The molecule has 2 aromatic carbocycles. The molecule has 5 heteroatoms. The van der Waals surface area contributed by atoms with Crippen LogP contribution in [0.25, 0.3) is 5.57 Å². The van der Waals surface area contributed by atoms with E-state index in [1.165, 1.54) is 16.7 Å². The average molecular weight is 426 g/mol. The van der Waals surface area contributed by atoms with E-state index in [0.29, 0.717) is 4.58 Å². The fourth-order valence-electron chi connectivity index (χ4n) is 4.87. The van der Waals surface area contributed by atoms with Gasteiger partial charge in [0.1, 0.15) is 11.5 Å². The van der Waals surface area contributed by atoms with Crippen molar-refractivity contribution in [2.75, 3.05) is 32.3 Å². The summed E-state index contributed by atoms with van der Waals surface area (Å²) in [6.45, 7) is 1.07. The zero-order valence-corrected chi connectivity index (χ0v) is 18.6. The smallest absolute Gasteiger partial charge is 0.119 e. The molecule has 0 atom stereocenters. The van der Waals surface area contributed by atoms with Gasteiger partial charge in [-0.15, -0.1) is 23.5 Å². The molecule has 0 radical (unpaired) electrons. The van der Waals surface area contributed by atoms with Crippen molar-refractivity contribution in [3.8, 4) is 11.5 Å². The van der Waals surface area contributed by atoms with Crippen molar-refractivity contribution in [2.45, 2.75) is 29.4 Å². The van der Waals surface area contributed by atoms with Crippen LogP contribution in [0.1, 0.15) is 34.1 Å².